The number of esters is 1. The lowest BCUT2D eigenvalue weighted by atomic mass is 10.2. The molecule has 1 fully saturated rings. The van der Waals surface area contributed by atoms with E-state index in [1.165, 1.54) is 13.2 Å². The van der Waals surface area contributed by atoms with Crippen LogP contribution < -0.4 is 10.1 Å². The summed E-state index contributed by atoms with van der Waals surface area (Å²) in [5.74, 6) is -0.653. The Labute approximate surface area is 176 Å². The second kappa shape index (κ2) is 9.02. The maximum Gasteiger partial charge on any atom is 0.338 e. The predicted octanol–water partition coefficient (Wildman–Crippen LogP) is 4.12. The number of amidine groups is 1. The molecular weight excluding hydrogens is 416 g/mol. The molecule has 7 nitrogen and oxygen atoms in total. The van der Waals surface area contributed by atoms with Crippen LogP contribution in [0.25, 0.3) is 6.08 Å². The van der Waals surface area contributed by atoms with Gasteiger partial charge in [0.1, 0.15) is 0 Å². The van der Waals surface area contributed by atoms with Gasteiger partial charge < -0.3 is 19.9 Å². The standard InChI is InChI=1S/C20H17ClN2O5S/c1-3-28-19(26)12-4-6-13(7-5-12)22-20-23-18(25)16(29-20)10-11-8-14(21)17(24)15(9-11)27-2/h4-10,24H,3H2,1-2H3,(H,22,23,25)/b16-10-. The van der Waals surface area contributed by atoms with Crippen LogP contribution in [0.15, 0.2) is 46.3 Å². The van der Waals surface area contributed by atoms with E-state index in [9.17, 15) is 14.7 Å². The highest BCUT2D eigenvalue weighted by molar-refractivity contribution is 8.18. The molecule has 1 heterocycles. The van der Waals surface area contributed by atoms with Crippen molar-refractivity contribution in [2.45, 2.75) is 6.92 Å². The Hall–Kier alpha value is -2.97. The first kappa shape index (κ1) is 20.8. The number of phenolic OH excluding ortho intramolecular Hbond substituents is 1. The normalized spacial score (nSPS) is 16.2. The van der Waals surface area contributed by atoms with Gasteiger partial charge in [0.25, 0.3) is 5.91 Å². The topological polar surface area (TPSA) is 97.2 Å². The first-order valence-electron chi connectivity index (χ1n) is 8.54. The molecule has 2 aromatic carbocycles. The van der Waals surface area contributed by atoms with E-state index in [0.717, 1.165) is 11.8 Å². The third-order valence-corrected chi connectivity index (χ3v) is 5.03. The fraction of sp³-hybridized carbons (Fsp3) is 0.150. The molecule has 9 heteroatoms. The highest BCUT2D eigenvalue weighted by Crippen LogP contribution is 2.36. The second-order valence-electron chi connectivity index (χ2n) is 5.80. The first-order valence-corrected chi connectivity index (χ1v) is 9.74. The van der Waals surface area contributed by atoms with Crippen molar-refractivity contribution in [1.29, 1.82) is 0 Å². The molecule has 0 aliphatic carbocycles. The number of aliphatic imine (C=N–C) groups is 1. The second-order valence-corrected chi connectivity index (χ2v) is 7.24. The molecule has 2 N–H and O–H groups in total. The van der Waals surface area contributed by atoms with Gasteiger partial charge in [0.15, 0.2) is 16.7 Å². The molecular formula is C20H17ClN2O5S. The van der Waals surface area contributed by atoms with Gasteiger partial charge in [-0.15, -0.1) is 0 Å². The minimum atomic E-state index is -0.400. The Morgan fingerprint density at radius 1 is 1.31 bits per heavy atom. The summed E-state index contributed by atoms with van der Waals surface area (Å²) in [5.41, 5.74) is 1.61. The zero-order valence-corrected chi connectivity index (χ0v) is 17.1. The number of hydrogen-bond donors (Lipinski definition) is 2. The molecule has 0 spiro atoms. The van der Waals surface area contributed by atoms with Gasteiger partial charge in [-0.25, -0.2) is 9.79 Å². The first-order chi connectivity index (χ1) is 13.9. The molecule has 0 saturated carbocycles. The molecule has 0 aromatic heterocycles. The van der Waals surface area contributed by atoms with Crippen LogP contribution in [0.4, 0.5) is 5.69 Å². The Balaban J connectivity index is 1.79. The van der Waals surface area contributed by atoms with Crippen LogP contribution in [0.1, 0.15) is 22.8 Å². The van der Waals surface area contributed by atoms with Crippen molar-refractivity contribution in [2.75, 3.05) is 13.7 Å². The number of nitrogens with zero attached hydrogens (tertiary/aromatic N) is 1. The summed E-state index contributed by atoms with van der Waals surface area (Å²) in [6.07, 6.45) is 1.63. The minimum Gasteiger partial charge on any atom is -0.503 e. The van der Waals surface area contributed by atoms with E-state index < -0.39 is 5.97 Å². The number of ether oxygens (including phenoxy) is 2. The number of methoxy groups -OCH3 is 1. The molecule has 2 aromatic rings. The molecule has 0 radical (unpaired) electrons. The smallest absolute Gasteiger partial charge is 0.338 e. The summed E-state index contributed by atoms with van der Waals surface area (Å²) in [6, 6.07) is 9.66. The summed E-state index contributed by atoms with van der Waals surface area (Å²) >= 11 is 7.15. The molecule has 0 bridgehead atoms. The summed E-state index contributed by atoms with van der Waals surface area (Å²) in [7, 11) is 1.41. The van der Waals surface area contributed by atoms with Gasteiger partial charge in [0.2, 0.25) is 0 Å². The Kier molecular flexibility index (Phi) is 6.46. The molecule has 1 aliphatic heterocycles. The van der Waals surface area contributed by atoms with E-state index in [1.807, 2.05) is 0 Å². The molecule has 1 amide bonds. The number of rotatable bonds is 5. The van der Waals surface area contributed by atoms with Crippen LogP contribution in [0.5, 0.6) is 11.5 Å². The number of phenols is 1. The average Bonchev–Trinajstić information content (AvgIpc) is 3.04. The van der Waals surface area contributed by atoms with Crippen molar-refractivity contribution in [1.82, 2.24) is 5.32 Å². The number of carbonyl (C=O) groups excluding carboxylic acids is 2. The van der Waals surface area contributed by atoms with Gasteiger partial charge in [-0.3, -0.25) is 4.79 Å². The molecule has 150 valence electrons. The monoisotopic (exact) mass is 432 g/mol. The summed E-state index contributed by atoms with van der Waals surface area (Å²) < 4.78 is 10.0. The quantitative estimate of drug-likeness (QED) is 0.544. The number of hydrogen-bond acceptors (Lipinski definition) is 7. The summed E-state index contributed by atoms with van der Waals surface area (Å²) in [6.45, 7) is 2.05. The maximum atomic E-state index is 12.2. The Morgan fingerprint density at radius 3 is 2.69 bits per heavy atom. The van der Waals surface area contributed by atoms with Crippen molar-refractivity contribution in [2.24, 2.45) is 4.99 Å². The molecule has 3 rings (SSSR count). The zero-order chi connectivity index (χ0) is 21.0. The SMILES string of the molecule is CCOC(=O)c1ccc(N=C2NC(=O)/C(=C/c3cc(Cl)c(O)c(OC)c3)S2)cc1. The predicted molar refractivity (Wildman–Crippen MR) is 113 cm³/mol. The van der Waals surface area contributed by atoms with Crippen molar-refractivity contribution in [3.8, 4) is 11.5 Å². The van der Waals surface area contributed by atoms with Crippen LogP contribution in [0, 0.1) is 0 Å². The van der Waals surface area contributed by atoms with E-state index in [-0.39, 0.29) is 22.4 Å². The Morgan fingerprint density at radius 2 is 2.03 bits per heavy atom. The molecule has 1 aliphatic rings. The van der Waals surface area contributed by atoms with E-state index >= 15 is 0 Å². The minimum absolute atomic E-state index is 0.121. The fourth-order valence-electron chi connectivity index (χ4n) is 2.47. The lowest BCUT2D eigenvalue weighted by Crippen LogP contribution is -2.19. The van der Waals surface area contributed by atoms with Gasteiger partial charge in [0, 0.05) is 0 Å². The van der Waals surface area contributed by atoms with Crippen LogP contribution in [0.3, 0.4) is 0 Å². The molecule has 1 saturated heterocycles. The summed E-state index contributed by atoms with van der Waals surface area (Å²) in [5, 5.41) is 13.0. The maximum absolute atomic E-state index is 12.2. The van der Waals surface area contributed by atoms with E-state index in [4.69, 9.17) is 21.1 Å². The number of halogens is 1. The van der Waals surface area contributed by atoms with Gasteiger partial charge in [-0.2, -0.15) is 0 Å². The largest absolute Gasteiger partial charge is 0.503 e. The van der Waals surface area contributed by atoms with Gasteiger partial charge in [-0.1, -0.05) is 11.6 Å². The van der Waals surface area contributed by atoms with Crippen LogP contribution in [-0.4, -0.2) is 35.9 Å². The van der Waals surface area contributed by atoms with Crippen molar-refractivity contribution < 1.29 is 24.2 Å². The van der Waals surface area contributed by atoms with Gasteiger partial charge in [-0.05, 0) is 66.7 Å². The van der Waals surface area contributed by atoms with Gasteiger partial charge in [0.05, 0.1) is 34.9 Å². The molecule has 0 unspecified atom stereocenters. The molecule has 0 atom stereocenters. The number of aromatic hydroxyl groups is 1. The third-order valence-electron chi connectivity index (χ3n) is 3.83. The highest BCUT2D eigenvalue weighted by Gasteiger charge is 2.24. The van der Waals surface area contributed by atoms with Crippen LogP contribution in [0.2, 0.25) is 5.02 Å². The highest BCUT2D eigenvalue weighted by atomic mass is 35.5. The van der Waals surface area contributed by atoms with E-state index in [0.29, 0.717) is 33.5 Å². The lowest BCUT2D eigenvalue weighted by molar-refractivity contribution is -0.115. The number of carbonyl (C=O) groups is 2. The van der Waals surface area contributed by atoms with Crippen molar-refractivity contribution in [3.63, 3.8) is 0 Å². The van der Waals surface area contributed by atoms with E-state index in [1.54, 1.807) is 43.3 Å². The number of nitrogens with one attached hydrogen (secondary N) is 1. The van der Waals surface area contributed by atoms with Gasteiger partial charge >= 0.3 is 5.97 Å². The number of thioether (sulfide) groups is 1. The lowest BCUT2D eigenvalue weighted by Gasteiger charge is -2.06. The number of amides is 1. The van der Waals surface area contributed by atoms with Crippen LogP contribution >= 0.6 is 23.4 Å². The third kappa shape index (κ3) is 4.90. The Bertz CT molecular complexity index is 1020. The fourth-order valence-corrected chi connectivity index (χ4v) is 3.53. The van der Waals surface area contributed by atoms with E-state index in [2.05, 4.69) is 10.3 Å². The molecule has 29 heavy (non-hydrogen) atoms. The van der Waals surface area contributed by atoms with Crippen molar-refractivity contribution in [3.05, 3.63) is 57.5 Å². The summed E-state index contributed by atoms with van der Waals surface area (Å²) in [4.78, 5) is 28.7. The van der Waals surface area contributed by atoms with Crippen molar-refractivity contribution >= 4 is 52.2 Å². The van der Waals surface area contributed by atoms with Crippen LogP contribution in [-0.2, 0) is 9.53 Å². The zero-order valence-electron chi connectivity index (χ0n) is 15.6. The average molecular weight is 433 g/mol. The number of benzene rings is 2.